The summed E-state index contributed by atoms with van der Waals surface area (Å²) in [5.74, 6) is 0. The first-order chi connectivity index (χ1) is 21.4. The first kappa shape index (κ1) is 23.9. The molecule has 7 aromatic carbocycles. The quantitative estimate of drug-likeness (QED) is 0.217. The normalized spacial score (nSPS) is 11.7. The molecule has 3 heteroatoms. The zero-order valence-corrected chi connectivity index (χ0v) is 23.3. The highest BCUT2D eigenvalue weighted by molar-refractivity contribution is 6.22. The van der Waals surface area contributed by atoms with Crippen molar-refractivity contribution in [1.82, 2.24) is 4.57 Å². The van der Waals surface area contributed by atoms with Crippen molar-refractivity contribution in [2.75, 3.05) is 4.90 Å². The van der Waals surface area contributed by atoms with Crippen LogP contribution in [0, 0.1) is 0 Å². The Bertz CT molecular complexity index is 2450. The first-order valence-corrected chi connectivity index (χ1v) is 14.6. The van der Waals surface area contributed by atoms with Crippen molar-refractivity contribution in [3.8, 4) is 5.69 Å². The Kier molecular flexibility index (Phi) is 5.20. The van der Waals surface area contributed by atoms with Crippen LogP contribution in [0.5, 0.6) is 0 Å². The summed E-state index contributed by atoms with van der Waals surface area (Å²) in [6.07, 6.45) is 0. The maximum atomic E-state index is 6.47. The van der Waals surface area contributed by atoms with E-state index in [9.17, 15) is 0 Å². The van der Waals surface area contributed by atoms with E-state index in [2.05, 4.69) is 161 Å². The van der Waals surface area contributed by atoms with Gasteiger partial charge < -0.3 is 13.9 Å². The third-order valence-corrected chi connectivity index (χ3v) is 8.55. The minimum atomic E-state index is 0.902. The molecule has 0 unspecified atom stereocenters. The van der Waals surface area contributed by atoms with E-state index in [-0.39, 0.29) is 0 Å². The van der Waals surface area contributed by atoms with Crippen LogP contribution in [0.3, 0.4) is 0 Å². The fraction of sp³-hybridized carbons (Fsp3) is 0. The summed E-state index contributed by atoms with van der Waals surface area (Å²) in [6, 6.07) is 56.0. The van der Waals surface area contributed by atoms with E-state index >= 15 is 0 Å². The minimum absolute atomic E-state index is 0.902. The molecule has 0 aliphatic rings. The Morgan fingerprint density at radius 3 is 1.88 bits per heavy atom. The highest BCUT2D eigenvalue weighted by Gasteiger charge is 2.24. The first-order valence-electron chi connectivity index (χ1n) is 14.6. The molecule has 0 N–H and O–H groups in total. The van der Waals surface area contributed by atoms with E-state index in [0.717, 1.165) is 55.5 Å². The summed E-state index contributed by atoms with van der Waals surface area (Å²) >= 11 is 0. The molecular weight excluding hydrogens is 524 g/mol. The van der Waals surface area contributed by atoms with Crippen LogP contribution < -0.4 is 4.90 Å². The largest absolute Gasteiger partial charge is 0.455 e. The van der Waals surface area contributed by atoms with Crippen LogP contribution in [0.15, 0.2) is 162 Å². The highest BCUT2D eigenvalue weighted by atomic mass is 16.3. The van der Waals surface area contributed by atoms with Crippen molar-refractivity contribution in [2.45, 2.75) is 0 Å². The number of aromatic nitrogens is 1. The maximum absolute atomic E-state index is 6.47. The van der Waals surface area contributed by atoms with Crippen molar-refractivity contribution in [1.29, 1.82) is 0 Å². The van der Waals surface area contributed by atoms with Crippen molar-refractivity contribution in [3.63, 3.8) is 0 Å². The molecule has 9 rings (SSSR count). The standard InChI is InChI=1S/C40H26N2O/c1-3-14-27(15-4-1)41-34-22-11-9-21-32(34)39-35(41)23-13-24-36(39)42(28-16-5-2-6-17-28)37-26-33-30-19-10-12-25-38(30)43-40(33)31-20-8-7-18-29(31)37/h1-26H. The number of rotatable bonds is 4. The van der Waals surface area contributed by atoms with Gasteiger partial charge in [0.1, 0.15) is 11.2 Å². The molecule has 0 radical (unpaired) electrons. The molecule has 9 aromatic rings. The van der Waals surface area contributed by atoms with Crippen molar-refractivity contribution >= 4 is 71.6 Å². The van der Waals surface area contributed by atoms with Gasteiger partial charge in [0.05, 0.1) is 22.4 Å². The number of furan rings is 1. The van der Waals surface area contributed by atoms with Crippen LogP contribution in [-0.4, -0.2) is 4.57 Å². The molecule has 0 saturated carbocycles. The molecule has 2 aromatic heterocycles. The van der Waals surface area contributed by atoms with Gasteiger partial charge in [-0.25, -0.2) is 0 Å². The Balaban J connectivity index is 1.44. The van der Waals surface area contributed by atoms with E-state index < -0.39 is 0 Å². The van der Waals surface area contributed by atoms with Crippen molar-refractivity contribution in [2.24, 2.45) is 0 Å². The van der Waals surface area contributed by atoms with Gasteiger partial charge >= 0.3 is 0 Å². The lowest BCUT2D eigenvalue weighted by Gasteiger charge is -2.28. The summed E-state index contributed by atoms with van der Waals surface area (Å²) in [6.45, 7) is 0. The van der Waals surface area contributed by atoms with Gasteiger partial charge in [-0.15, -0.1) is 0 Å². The van der Waals surface area contributed by atoms with Gasteiger partial charge in [0.2, 0.25) is 0 Å². The number of hydrogen-bond acceptors (Lipinski definition) is 2. The third kappa shape index (κ3) is 3.55. The van der Waals surface area contributed by atoms with Gasteiger partial charge in [-0.2, -0.15) is 0 Å². The molecule has 0 aliphatic carbocycles. The summed E-state index contributed by atoms with van der Waals surface area (Å²) in [5.41, 5.74) is 8.68. The summed E-state index contributed by atoms with van der Waals surface area (Å²) < 4.78 is 8.85. The average Bonchev–Trinajstić information content (AvgIpc) is 3.62. The van der Waals surface area contributed by atoms with Gasteiger partial charge in [0.15, 0.2) is 0 Å². The third-order valence-electron chi connectivity index (χ3n) is 8.55. The number of fused-ring (bicyclic) bond motifs is 8. The number of nitrogens with zero attached hydrogens (tertiary/aromatic N) is 2. The smallest absolute Gasteiger partial charge is 0.143 e. The number of benzene rings is 7. The number of anilines is 3. The second-order valence-electron chi connectivity index (χ2n) is 10.9. The summed E-state index contributed by atoms with van der Waals surface area (Å²) in [5, 5.41) is 6.91. The zero-order valence-electron chi connectivity index (χ0n) is 23.3. The van der Waals surface area contributed by atoms with Gasteiger partial charge in [-0.05, 0) is 54.6 Å². The summed E-state index contributed by atoms with van der Waals surface area (Å²) in [7, 11) is 0. The molecule has 0 fully saturated rings. The number of para-hydroxylation sites is 4. The Labute approximate surface area is 248 Å². The number of hydrogen-bond donors (Lipinski definition) is 0. The fourth-order valence-corrected chi connectivity index (χ4v) is 6.74. The van der Waals surface area contributed by atoms with E-state index in [1.807, 2.05) is 6.07 Å². The highest BCUT2D eigenvalue weighted by Crippen LogP contribution is 2.47. The Morgan fingerprint density at radius 1 is 0.442 bits per heavy atom. The monoisotopic (exact) mass is 550 g/mol. The summed E-state index contributed by atoms with van der Waals surface area (Å²) in [4.78, 5) is 2.42. The molecule has 0 spiro atoms. The van der Waals surface area contributed by atoms with Crippen LogP contribution in [-0.2, 0) is 0 Å². The average molecular weight is 551 g/mol. The zero-order chi connectivity index (χ0) is 28.3. The van der Waals surface area contributed by atoms with Gasteiger partial charge in [-0.3, -0.25) is 0 Å². The van der Waals surface area contributed by atoms with E-state index in [4.69, 9.17) is 4.42 Å². The Hall–Kier alpha value is -5.80. The maximum Gasteiger partial charge on any atom is 0.143 e. The lowest BCUT2D eigenvalue weighted by molar-refractivity contribution is 0.672. The van der Waals surface area contributed by atoms with Crippen LogP contribution in [0.2, 0.25) is 0 Å². The van der Waals surface area contributed by atoms with Crippen LogP contribution in [0.4, 0.5) is 17.1 Å². The van der Waals surface area contributed by atoms with E-state index in [1.165, 1.54) is 21.8 Å². The second-order valence-corrected chi connectivity index (χ2v) is 10.9. The lowest BCUT2D eigenvalue weighted by Crippen LogP contribution is -2.11. The van der Waals surface area contributed by atoms with Crippen molar-refractivity contribution in [3.05, 3.63) is 158 Å². The molecular formula is C40H26N2O. The molecule has 3 nitrogen and oxygen atoms in total. The predicted octanol–water partition coefficient (Wildman–Crippen LogP) is 11.3. The Morgan fingerprint density at radius 2 is 1.07 bits per heavy atom. The molecule has 43 heavy (non-hydrogen) atoms. The molecule has 0 aliphatic heterocycles. The molecule has 0 amide bonds. The predicted molar refractivity (Wildman–Crippen MR) is 180 cm³/mol. The van der Waals surface area contributed by atoms with E-state index in [1.54, 1.807) is 0 Å². The molecule has 202 valence electrons. The van der Waals surface area contributed by atoms with Gasteiger partial charge in [0.25, 0.3) is 0 Å². The molecule has 0 bridgehead atoms. The topological polar surface area (TPSA) is 21.3 Å². The van der Waals surface area contributed by atoms with Gasteiger partial charge in [-0.1, -0.05) is 103 Å². The van der Waals surface area contributed by atoms with Crippen LogP contribution in [0.25, 0.3) is 60.2 Å². The molecule has 0 atom stereocenters. The fourth-order valence-electron chi connectivity index (χ4n) is 6.74. The van der Waals surface area contributed by atoms with Crippen LogP contribution >= 0.6 is 0 Å². The SMILES string of the molecule is c1ccc(N(c2cc3c4ccccc4oc3c3ccccc23)c2cccc3c2c2ccccc2n3-c2ccccc2)cc1. The second kappa shape index (κ2) is 9.37. The van der Waals surface area contributed by atoms with E-state index in [0.29, 0.717) is 0 Å². The van der Waals surface area contributed by atoms with Crippen LogP contribution in [0.1, 0.15) is 0 Å². The van der Waals surface area contributed by atoms with Crippen molar-refractivity contribution < 1.29 is 4.42 Å². The molecule has 2 heterocycles. The lowest BCUT2D eigenvalue weighted by atomic mass is 10.0. The minimum Gasteiger partial charge on any atom is -0.455 e. The van der Waals surface area contributed by atoms with Gasteiger partial charge in [0, 0.05) is 43.7 Å². The molecule has 0 saturated heterocycles.